The first-order chi connectivity index (χ1) is 9.61. The van der Waals surface area contributed by atoms with Crippen molar-refractivity contribution in [3.8, 4) is 11.5 Å². The second kappa shape index (κ2) is 5.82. The standard InChI is InChI=1S/C16H22ClNO2/c1-10-3-11(2)5-13(4-10)18-8-12-6-14(17)16-15(7-12)19-9-20-16/h6-7,10-11,13,18H,3-5,8-9H2,1-2H3. The summed E-state index contributed by atoms with van der Waals surface area (Å²) >= 11 is 6.21. The van der Waals surface area contributed by atoms with E-state index in [-0.39, 0.29) is 6.79 Å². The Bertz CT molecular complexity index is 482. The van der Waals surface area contributed by atoms with Gasteiger partial charge in [-0.3, -0.25) is 0 Å². The summed E-state index contributed by atoms with van der Waals surface area (Å²) in [6, 6.07) is 4.60. The van der Waals surface area contributed by atoms with Gasteiger partial charge < -0.3 is 14.8 Å². The highest BCUT2D eigenvalue weighted by Gasteiger charge is 2.24. The smallest absolute Gasteiger partial charge is 0.231 e. The molecular formula is C16H22ClNO2. The molecular weight excluding hydrogens is 274 g/mol. The summed E-state index contributed by atoms with van der Waals surface area (Å²) in [6.45, 7) is 5.80. The Balaban J connectivity index is 1.62. The van der Waals surface area contributed by atoms with E-state index in [1.807, 2.05) is 12.1 Å². The monoisotopic (exact) mass is 295 g/mol. The molecule has 2 unspecified atom stereocenters. The van der Waals surface area contributed by atoms with Gasteiger partial charge in [-0.2, -0.15) is 0 Å². The SMILES string of the molecule is CC1CC(C)CC(NCc2cc(Cl)c3c(c2)OCO3)C1. The molecule has 1 N–H and O–H groups in total. The van der Waals surface area contributed by atoms with Crippen LogP contribution in [0.3, 0.4) is 0 Å². The van der Waals surface area contributed by atoms with Gasteiger partial charge in [-0.25, -0.2) is 0 Å². The van der Waals surface area contributed by atoms with Crippen molar-refractivity contribution in [3.05, 3.63) is 22.7 Å². The van der Waals surface area contributed by atoms with Crippen molar-refractivity contribution in [1.29, 1.82) is 0 Å². The number of halogens is 1. The van der Waals surface area contributed by atoms with Crippen LogP contribution >= 0.6 is 11.6 Å². The van der Waals surface area contributed by atoms with Crippen LogP contribution in [0, 0.1) is 11.8 Å². The molecule has 20 heavy (non-hydrogen) atoms. The molecule has 1 heterocycles. The Morgan fingerprint density at radius 2 is 1.90 bits per heavy atom. The summed E-state index contributed by atoms with van der Waals surface area (Å²) in [7, 11) is 0. The third kappa shape index (κ3) is 3.04. The molecule has 1 aromatic rings. The molecule has 1 fully saturated rings. The highest BCUT2D eigenvalue weighted by molar-refractivity contribution is 6.32. The van der Waals surface area contributed by atoms with E-state index in [1.165, 1.54) is 19.3 Å². The summed E-state index contributed by atoms with van der Waals surface area (Å²) in [6.07, 6.45) is 3.89. The second-order valence-electron chi connectivity index (χ2n) is 6.31. The minimum Gasteiger partial charge on any atom is -0.454 e. The highest BCUT2D eigenvalue weighted by Crippen LogP contribution is 2.39. The van der Waals surface area contributed by atoms with Gasteiger partial charge in [-0.1, -0.05) is 25.4 Å². The zero-order valence-electron chi connectivity index (χ0n) is 12.1. The quantitative estimate of drug-likeness (QED) is 0.915. The van der Waals surface area contributed by atoms with Gasteiger partial charge >= 0.3 is 0 Å². The van der Waals surface area contributed by atoms with Crippen molar-refractivity contribution < 1.29 is 9.47 Å². The fraction of sp³-hybridized carbons (Fsp3) is 0.625. The van der Waals surface area contributed by atoms with Crippen LogP contribution in [0.15, 0.2) is 12.1 Å². The van der Waals surface area contributed by atoms with E-state index in [1.54, 1.807) is 0 Å². The molecule has 0 bridgehead atoms. The van der Waals surface area contributed by atoms with Gasteiger partial charge in [0.25, 0.3) is 0 Å². The van der Waals surface area contributed by atoms with Crippen LogP contribution in [0.1, 0.15) is 38.7 Å². The van der Waals surface area contributed by atoms with E-state index in [2.05, 4.69) is 19.2 Å². The molecule has 0 spiro atoms. The summed E-state index contributed by atoms with van der Waals surface area (Å²) in [5.41, 5.74) is 1.16. The number of nitrogens with one attached hydrogen (secondary N) is 1. The lowest BCUT2D eigenvalue weighted by Gasteiger charge is -2.32. The zero-order valence-corrected chi connectivity index (χ0v) is 12.9. The van der Waals surface area contributed by atoms with Gasteiger partial charge in [0.15, 0.2) is 11.5 Å². The van der Waals surface area contributed by atoms with E-state index in [0.29, 0.717) is 16.8 Å². The lowest BCUT2D eigenvalue weighted by Crippen LogP contribution is -2.35. The lowest BCUT2D eigenvalue weighted by atomic mass is 9.80. The molecule has 2 aliphatic rings. The van der Waals surface area contributed by atoms with Crippen LogP contribution in [0.5, 0.6) is 11.5 Å². The van der Waals surface area contributed by atoms with Crippen LogP contribution in [-0.4, -0.2) is 12.8 Å². The molecule has 2 atom stereocenters. The normalized spacial score (nSPS) is 28.6. The maximum Gasteiger partial charge on any atom is 0.231 e. The predicted molar refractivity (Wildman–Crippen MR) is 80.4 cm³/mol. The molecule has 0 saturated heterocycles. The minimum absolute atomic E-state index is 0.267. The average Bonchev–Trinajstić information content (AvgIpc) is 2.84. The van der Waals surface area contributed by atoms with Gasteiger partial charge in [-0.05, 0) is 48.8 Å². The average molecular weight is 296 g/mol. The Morgan fingerprint density at radius 1 is 1.15 bits per heavy atom. The maximum absolute atomic E-state index is 6.21. The fourth-order valence-corrected chi connectivity index (χ4v) is 3.79. The lowest BCUT2D eigenvalue weighted by molar-refractivity contribution is 0.174. The first kappa shape index (κ1) is 14.0. The van der Waals surface area contributed by atoms with Gasteiger partial charge in [0.1, 0.15) is 0 Å². The van der Waals surface area contributed by atoms with Gasteiger partial charge in [0, 0.05) is 12.6 Å². The molecule has 1 saturated carbocycles. The van der Waals surface area contributed by atoms with Crippen LogP contribution in [-0.2, 0) is 6.54 Å². The van der Waals surface area contributed by atoms with E-state index >= 15 is 0 Å². The predicted octanol–water partition coefficient (Wildman–Crippen LogP) is 3.98. The van der Waals surface area contributed by atoms with Crippen molar-refractivity contribution in [2.45, 2.75) is 45.7 Å². The first-order valence-electron chi connectivity index (χ1n) is 7.43. The largest absolute Gasteiger partial charge is 0.454 e. The van der Waals surface area contributed by atoms with Crippen molar-refractivity contribution >= 4 is 11.6 Å². The number of ether oxygens (including phenoxy) is 2. The zero-order chi connectivity index (χ0) is 14.1. The molecule has 3 rings (SSSR count). The van der Waals surface area contributed by atoms with E-state index in [0.717, 1.165) is 29.7 Å². The van der Waals surface area contributed by atoms with Crippen LogP contribution in [0.25, 0.3) is 0 Å². The highest BCUT2D eigenvalue weighted by atomic mass is 35.5. The van der Waals surface area contributed by atoms with Crippen molar-refractivity contribution in [2.75, 3.05) is 6.79 Å². The fourth-order valence-electron chi connectivity index (χ4n) is 3.50. The van der Waals surface area contributed by atoms with E-state index in [9.17, 15) is 0 Å². The summed E-state index contributed by atoms with van der Waals surface area (Å²) < 4.78 is 10.7. The molecule has 110 valence electrons. The van der Waals surface area contributed by atoms with Crippen LogP contribution in [0.2, 0.25) is 5.02 Å². The maximum atomic E-state index is 6.21. The van der Waals surface area contributed by atoms with E-state index in [4.69, 9.17) is 21.1 Å². The van der Waals surface area contributed by atoms with Gasteiger partial charge in [0.2, 0.25) is 6.79 Å². The van der Waals surface area contributed by atoms with Crippen molar-refractivity contribution in [1.82, 2.24) is 5.32 Å². The summed E-state index contributed by atoms with van der Waals surface area (Å²) in [5.74, 6) is 3.07. The van der Waals surface area contributed by atoms with E-state index < -0.39 is 0 Å². The summed E-state index contributed by atoms with van der Waals surface area (Å²) in [4.78, 5) is 0. The van der Waals surface area contributed by atoms with Crippen molar-refractivity contribution in [2.24, 2.45) is 11.8 Å². The number of benzene rings is 1. The Hall–Kier alpha value is -0.930. The number of hydrogen-bond acceptors (Lipinski definition) is 3. The molecule has 1 aliphatic heterocycles. The molecule has 3 nitrogen and oxygen atoms in total. The Labute approximate surface area is 125 Å². The van der Waals surface area contributed by atoms with Crippen molar-refractivity contribution in [3.63, 3.8) is 0 Å². The number of fused-ring (bicyclic) bond motifs is 1. The molecule has 4 heteroatoms. The van der Waals surface area contributed by atoms with Crippen LogP contribution < -0.4 is 14.8 Å². The number of rotatable bonds is 3. The van der Waals surface area contributed by atoms with Gasteiger partial charge in [-0.15, -0.1) is 0 Å². The summed E-state index contributed by atoms with van der Waals surface area (Å²) in [5, 5.41) is 4.30. The molecule has 0 amide bonds. The number of hydrogen-bond donors (Lipinski definition) is 1. The third-order valence-corrected chi connectivity index (χ3v) is 4.54. The molecule has 0 aromatic heterocycles. The molecule has 0 radical (unpaired) electrons. The second-order valence-corrected chi connectivity index (χ2v) is 6.71. The third-order valence-electron chi connectivity index (χ3n) is 4.26. The Morgan fingerprint density at radius 3 is 2.65 bits per heavy atom. The van der Waals surface area contributed by atoms with Gasteiger partial charge in [0.05, 0.1) is 5.02 Å². The topological polar surface area (TPSA) is 30.5 Å². The first-order valence-corrected chi connectivity index (χ1v) is 7.81. The Kier molecular flexibility index (Phi) is 4.08. The van der Waals surface area contributed by atoms with Crippen LogP contribution in [0.4, 0.5) is 0 Å². The molecule has 1 aromatic carbocycles. The minimum atomic E-state index is 0.267. The molecule has 1 aliphatic carbocycles.